The van der Waals surface area contributed by atoms with Crippen molar-refractivity contribution < 1.29 is 4.74 Å². The van der Waals surface area contributed by atoms with E-state index < -0.39 is 0 Å². The fourth-order valence-corrected chi connectivity index (χ4v) is 3.83. The second-order valence-electron chi connectivity index (χ2n) is 7.06. The molecule has 4 rings (SSSR count). The summed E-state index contributed by atoms with van der Waals surface area (Å²) in [4.78, 5) is 6.67. The van der Waals surface area contributed by atoms with Crippen LogP contribution >= 0.6 is 24.0 Å². The van der Waals surface area contributed by atoms with Gasteiger partial charge in [-0.15, -0.1) is 12.4 Å². The topological polar surface area (TPSA) is 25.4 Å². The predicted molar refractivity (Wildman–Crippen MR) is 114 cm³/mol. The van der Waals surface area contributed by atoms with Crippen LogP contribution in [-0.2, 0) is 6.54 Å². The molecule has 1 aromatic heterocycles. The Labute approximate surface area is 171 Å². The summed E-state index contributed by atoms with van der Waals surface area (Å²) in [6.07, 6.45) is 6.11. The van der Waals surface area contributed by atoms with Crippen molar-refractivity contribution in [3.8, 4) is 5.75 Å². The number of likely N-dealkylation sites (tertiary alicyclic amines) is 1. The van der Waals surface area contributed by atoms with Crippen molar-refractivity contribution in [2.75, 3.05) is 13.1 Å². The van der Waals surface area contributed by atoms with Crippen molar-refractivity contribution in [3.05, 3.63) is 71.0 Å². The molecule has 0 radical (unpaired) electrons. The molecule has 1 aliphatic heterocycles. The number of benzene rings is 2. The largest absolute Gasteiger partial charge is 0.490 e. The van der Waals surface area contributed by atoms with Crippen LogP contribution in [0, 0.1) is 6.92 Å². The van der Waals surface area contributed by atoms with Gasteiger partial charge in [-0.25, -0.2) is 0 Å². The Morgan fingerprint density at radius 3 is 2.70 bits per heavy atom. The summed E-state index contributed by atoms with van der Waals surface area (Å²) < 4.78 is 6.34. The van der Waals surface area contributed by atoms with Gasteiger partial charge in [0.25, 0.3) is 0 Å². The molecule has 0 bridgehead atoms. The van der Waals surface area contributed by atoms with Gasteiger partial charge >= 0.3 is 0 Å². The molecule has 2 heterocycles. The Hall–Kier alpha value is -1.81. The Balaban J connectivity index is 0.00000210. The molecule has 3 nitrogen and oxygen atoms in total. The second kappa shape index (κ2) is 8.92. The molecule has 0 spiro atoms. The Bertz CT molecular complexity index is 908. The van der Waals surface area contributed by atoms with Crippen molar-refractivity contribution in [1.29, 1.82) is 0 Å². The molecule has 0 aliphatic carbocycles. The van der Waals surface area contributed by atoms with Crippen LogP contribution < -0.4 is 4.74 Å². The van der Waals surface area contributed by atoms with Crippen molar-refractivity contribution >= 4 is 34.8 Å². The molecular weight excluding hydrogens is 379 g/mol. The fraction of sp³-hybridized carbons (Fsp3) is 0.318. The fourth-order valence-electron chi connectivity index (χ4n) is 3.61. The van der Waals surface area contributed by atoms with Gasteiger partial charge in [0.1, 0.15) is 11.9 Å². The summed E-state index contributed by atoms with van der Waals surface area (Å²) in [7, 11) is 0. The summed E-state index contributed by atoms with van der Waals surface area (Å²) >= 11 is 6.09. The first-order chi connectivity index (χ1) is 12.7. The molecule has 27 heavy (non-hydrogen) atoms. The highest BCUT2D eigenvalue weighted by molar-refractivity contribution is 6.30. The lowest BCUT2D eigenvalue weighted by Gasteiger charge is -2.32. The van der Waals surface area contributed by atoms with E-state index in [0.29, 0.717) is 0 Å². The third-order valence-electron chi connectivity index (χ3n) is 5.06. The predicted octanol–water partition coefficient (Wildman–Crippen LogP) is 5.66. The van der Waals surface area contributed by atoms with E-state index in [1.807, 2.05) is 30.6 Å². The Morgan fingerprint density at radius 2 is 1.93 bits per heavy atom. The normalized spacial score (nSPS) is 15.5. The van der Waals surface area contributed by atoms with E-state index in [-0.39, 0.29) is 18.5 Å². The Kier molecular flexibility index (Phi) is 6.59. The van der Waals surface area contributed by atoms with Gasteiger partial charge in [0, 0.05) is 42.4 Å². The van der Waals surface area contributed by atoms with E-state index in [1.54, 1.807) is 0 Å². The van der Waals surface area contributed by atoms with Crippen LogP contribution in [0.4, 0.5) is 0 Å². The second-order valence-corrected chi connectivity index (χ2v) is 7.50. The van der Waals surface area contributed by atoms with E-state index >= 15 is 0 Å². The minimum Gasteiger partial charge on any atom is -0.490 e. The lowest BCUT2D eigenvalue weighted by atomic mass is 10.1. The molecule has 2 aromatic carbocycles. The minimum atomic E-state index is 0. The average Bonchev–Trinajstić information content (AvgIpc) is 2.64. The third kappa shape index (κ3) is 4.92. The number of piperidine rings is 1. The smallest absolute Gasteiger partial charge is 0.123 e. The first-order valence-corrected chi connectivity index (χ1v) is 9.53. The molecule has 1 aliphatic rings. The number of hydrogen-bond acceptors (Lipinski definition) is 3. The standard InChI is InChI=1S/C22H23ClN2O.ClH/c1-16-11-19-14-24-8-5-18(19)13-22(16)26-21-6-9-25(10-7-21)15-17-3-2-4-20(23)12-17;/h2-5,8,11-14,21H,6-7,9-10,15H2,1H3;1H. The zero-order valence-corrected chi connectivity index (χ0v) is 17.0. The van der Waals surface area contributed by atoms with Crippen molar-refractivity contribution in [3.63, 3.8) is 0 Å². The van der Waals surface area contributed by atoms with Gasteiger partial charge in [-0.05, 0) is 66.6 Å². The highest BCUT2D eigenvalue weighted by Gasteiger charge is 2.21. The maximum atomic E-state index is 6.34. The van der Waals surface area contributed by atoms with E-state index in [2.05, 4.69) is 41.1 Å². The van der Waals surface area contributed by atoms with Gasteiger partial charge in [-0.2, -0.15) is 0 Å². The van der Waals surface area contributed by atoms with Gasteiger partial charge in [-0.1, -0.05) is 23.7 Å². The zero-order chi connectivity index (χ0) is 17.9. The number of hydrogen-bond donors (Lipinski definition) is 0. The number of pyridine rings is 1. The monoisotopic (exact) mass is 402 g/mol. The number of fused-ring (bicyclic) bond motifs is 1. The van der Waals surface area contributed by atoms with E-state index in [9.17, 15) is 0 Å². The van der Waals surface area contributed by atoms with Gasteiger partial charge < -0.3 is 4.74 Å². The molecular formula is C22H24Cl2N2O. The van der Waals surface area contributed by atoms with Crippen molar-refractivity contribution in [2.24, 2.45) is 0 Å². The molecule has 1 saturated heterocycles. The number of nitrogens with zero attached hydrogens (tertiary/aromatic N) is 2. The van der Waals surface area contributed by atoms with Crippen LogP contribution in [0.3, 0.4) is 0 Å². The van der Waals surface area contributed by atoms with Crippen molar-refractivity contribution in [1.82, 2.24) is 9.88 Å². The van der Waals surface area contributed by atoms with E-state index in [1.165, 1.54) is 16.5 Å². The van der Waals surface area contributed by atoms with E-state index in [0.717, 1.165) is 48.6 Å². The number of halogens is 2. The number of aromatic nitrogens is 1. The minimum absolute atomic E-state index is 0. The highest BCUT2D eigenvalue weighted by Crippen LogP contribution is 2.28. The van der Waals surface area contributed by atoms with Gasteiger partial charge in [0.15, 0.2) is 0 Å². The molecule has 0 unspecified atom stereocenters. The maximum Gasteiger partial charge on any atom is 0.123 e. The molecule has 3 aromatic rings. The molecule has 5 heteroatoms. The average molecular weight is 403 g/mol. The lowest BCUT2D eigenvalue weighted by Crippen LogP contribution is -2.37. The third-order valence-corrected chi connectivity index (χ3v) is 5.29. The maximum absolute atomic E-state index is 6.34. The zero-order valence-electron chi connectivity index (χ0n) is 15.4. The lowest BCUT2D eigenvalue weighted by molar-refractivity contribution is 0.0964. The van der Waals surface area contributed by atoms with Gasteiger partial charge in [0.05, 0.1) is 0 Å². The summed E-state index contributed by atoms with van der Waals surface area (Å²) in [5.74, 6) is 0.997. The van der Waals surface area contributed by atoms with E-state index in [4.69, 9.17) is 16.3 Å². The van der Waals surface area contributed by atoms with Crippen LogP contribution in [0.25, 0.3) is 10.8 Å². The summed E-state index contributed by atoms with van der Waals surface area (Å²) in [5, 5.41) is 3.15. The molecule has 142 valence electrons. The number of rotatable bonds is 4. The number of ether oxygens (including phenoxy) is 1. The summed E-state index contributed by atoms with van der Waals surface area (Å²) in [5.41, 5.74) is 2.45. The Morgan fingerprint density at radius 1 is 1.11 bits per heavy atom. The molecule has 0 atom stereocenters. The van der Waals surface area contributed by atoms with Crippen LogP contribution in [0.1, 0.15) is 24.0 Å². The van der Waals surface area contributed by atoms with Crippen LogP contribution in [0.2, 0.25) is 5.02 Å². The molecule has 0 amide bonds. The first kappa shape index (κ1) is 19.9. The van der Waals surface area contributed by atoms with Crippen LogP contribution in [-0.4, -0.2) is 29.1 Å². The first-order valence-electron chi connectivity index (χ1n) is 9.15. The van der Waals surface area contributed by atoms with Gasteiger partial charge in [0.2, 0.25) is 0 Å². The highest BCUT2D eigenvalue weighted by atomic mass is 35.5. The van der Waals surface area contributed by atoms with Crippen LogP contribution in [0.5, 0.6) is 5.75 Å². The quantitative estimate of drug-likeness (QED) is 0.562. The molecule has 0 N–H and O–H groups in total. The summed E-state index contributed by atoms with van der Waals surface area (Å²) in [6, 6.07) is 14.5. The van der Waals surface area contributed by atoms with Crippen LogP contribution in [0.15, 0.2) is 54.9 Å². The summed E-state index contributed by atoms with van der Waals surface area (Å²) in [6.45, 7) is 5.16. The number of aryl methyl sites for hydroxylation is 1. The molecule has 1 fully saturated rings. The van der Waals surface area contributed by atoms with Crippen molar-refractivity contribution in [2.45, 2.75) is 32.4 Å². The molecule has 0 saturated carbocycles. The SMILES string of the molecule is Cc1cc2cnccc2cc1OC1CCN(Cc2cccc(Cl)c2)CC1.Cl. The van der Waals surface area contributed by atoms with Gasteiger partial charge in [-0.3, -0.25) is 9.88 Å².